The molecule has 0 spiro atoms. The number of carbonyl (C=O) groups is 3. The molecule has 5 rings (SSSR count). The van der Waals surface area contributed by atoms with Gasteiger partial charge in [-0.05, 0) is 40.2 Å². The molecule has 3 fully saturated rings. The van der Waals surface area contributed by atoms with E-state index in [-0.39, 0.29) is 17.9 Å². The molecule has 3 aliphatic heterocycles. The van der Waals surface area contributed by atoms with Gasteiger partial charge in [0.05, 0.1) is 23.7 Å². The Morgan fingerprint density at radius 2 is 1.82 bits per heavy atom. The van der Waals surface area contributed by atoms with Gasteiger partial charge in [-0.1, -0.05) is 18.2 Å². The number of ether oxygens (including phenoxy) is 2. The Morgan fingerprint density at radius 3 is 2.50 bits per heavy atom. The first kappa shape index (κ1) is 28.5. The molecule has 3 saturated heterocycles. The second kappa shape index (κ2) is 11.8. The standard InChI is InChI=1S/C29H39N5O5S/c1-5-38-27(36)22-17-30-23-9-7-6-8-21(23)25(22)32-12-10-31(11-13-32)20-16-24(26(35)33-14-15-40-19-33)34(18-20)28(37)39-29(2,3)4/h6-9,17,20,24H,5,10-16,18-19H2,1-4H3/t20-,24-/m0/s1. The number of likely N-dealkylation sites (tertiary alicyclic amines) is 1. The van der Waals surface area contributed by atoms with E-state index < -0.39 is 17.7 Å². The maximum atomic E-state index is 13.5. The Bertz CT molecular complexity index is 1250. The van der Waals surface area contributed by atoms with E-state index in [9.17, 15) is 14.4 Å². The summed E-state index contributed by atoms with van der Waals surface area (Å²) in [6.45, 7) is 11.7. The predicted molar refractivity (Wildman–Crippen MR) is 156 cm³/mol. The Morgan fingerprint density at radius 1 is 1.07 bits per heavy atom. The normalized spacial score (nSPS) is 22.1. The number of piperazine rings is 1. The molecule has 0 bridgehead atoms. The summed E-state index contributed by atoms with van der Waals surface area (Å²) in [5, 5.41) is 0.924. The molecule has 2 amide bonds. The lowest BCUT2D eigenvalue weighted by Gasteiger charge is -2.39. The highest BCUT2D eigenvalue weighted by atomic mass is 32.2. The van der Waals surface area contributed by atoms with Gasteiger partial charge in [0, 0.05) is 62.6 Å². The molecule has 0 aliphatic carbocycles. The molecule has 2 atom stereocenters. The summed E-state index contributed by atoms with van der Waals surface area (Å²) in [7, 11) is 0. The zero-order chi connectivity index (χ0) is 28.4. The van der Waals surface area contributed by atoms with Crippen molar-refractivity contribution >= 4 is 46.3 Å². The lowest BCUT2D eigenvalue weighted by Crippen LogP contribution is -2.51. The molecule has 10 nitrogen and oxygen atoms in total. The summed E-state index contributed by atoms with van der Waals surface area (Å²) in [5.74, 6) is 1.24. The lowest BCUT2D eigenvalue weighted by atomic mass is 10.1. The number of hydrogen-bond donors (Lipinski definition) is 0. The van der Waals surface area contributed by atoms with E-state index in [1.165, 1.54) is 0 Å². The number of carbonyl (C=O) groups excluding carboxylic acids is 3. The molecule has 216 valence electrons. The maximum absolute atomic E-state index is 13.5. The van der Waals surface area contributed by atoms with Gasteiger partial charge < -0.3 is 19.3 Å². The molecule has 3 aliphatic rings. The number of amides is 2. The van der Waals surface area contributed by atoms with Crippen molar-refractivity contribution in [2.24, 2.45) is 0 Å². The summed E-state index contributed by atoms with van der Waals surface area (Å²) in [5.41, 5.74) is 1.52. The highest BCUT2D eigenvalue weighted by molar-refractivity contribution is 7.99. The number of benzene rings is 1. The van der Waals surface area contributed by atoms with E-state index in [0.29, 0.717) is 50.6 Å². The zero-order valence-electron chi connectivity index (χ0n) is 23.8. The van der Waals surface area contributed by atoms with Crippen LogP contribution >= 0.6 is 11.8 Å². The van der Waals surface area contributed by atoms with Crippen molar-refractivity contribution in [2.75, 3.05) is 62.4 Å². The highest BCUT2D eigenvalue weighted by Gasteiger charge is 2.45. The van der Waals surface area contributed by atoms with Gasteiger partial charge in [-0.2, -0.15) is 0 Å². The molecule has 1 aromatic heterocycles. The monoisotopic (exact) mass is 569 g/mol. The maximum Gasteiger partial charge on any atom is 0.411 e. The number of esters is 1. The van der Waals surface area contributed by atoms with E-state index in [1.807, 2.05) is 49.9 Å². The largest absolute Gasteiger partial charge is 0.462 e. The van der Waals surface area contributed by atoms with Crippen molar-refractivity contribution in [3.8, 4) is 0 Å². The number of fused-ring (bicyclic) bond motifs is 1. The highest BCUT2D eigenvalue weighted by Crippen LogP contribution is 2.33. The first-order valence-corrected chi connectivity index (χ1v) is 15.2. The van der Waals surface area contributed by atoms with Crippen molar-refractivity contribution in [3.05, 3.63) is 36.0 Å². The van der Waals surface area contributed by atoms with Crippen molar-refractivity contribution < 1.29 is 23.9 Å². The van der Waals surface area contributed by atoms with Crippen LogP contribution in [0.5, 0.6) is 0 Å². The van der Waals surface area contributed by atoms with E-state index >= 15 is 0 Å². The topological polar surface area (TPSA) is 95.5 Å². The van der Waals surface area contributed by atoms with E-state index in [0.717, 1.165) is 35.4 Å². The van der Waals surface area contributed by atoms with Crippen LogP contribution in [0, 0.1) is 0 Å². The first-order valence-electron chi connectivity index (χ1n) is 14.1. The lowest BCUT2D eigenvalue weighted by molar-refractivity contribution is -0.134. The Labute approximate surface area is 239 Å². The van der Waals surface area contributed by atoms with Crippen molar-refractivity contribution in [1.82, 2.24) is 19.7 Å². The fourth-order valence-corrected chi connectivity index (χ4v) is 6.73. The summed E-state index contributed by atoms with van der Waals surface area (Å²) in [6.07, 6.45) is 1.77. The molecule has 11 heteroatoms. The van der Waals surface area contributed by atoms with Gasteiger partial charge in [-0.25, -0.2) is 9.59 Å². The number of hydrogen-bond acceptors (Lipinski definition) is 9. The quantitative estimate of drug-likeness (QED) is 0.502. The van der Waals surface area contributed by atoms with Gasteiger partial charge in [0.1, 0.15) is 17.2 Å². The number of para-hydroxylation sites is 1. The van der Waals surface area contributed by atoms with Crippen LogP contribution in [0.4, 0.5) is 10.5 Å². The van der Waals surface area contributed by atoms with Crippen molar-refractivity contribution in [2.45, 2.75) is 51.8 Å². The van der Waals surface area contributed by atoms with Gasteiger partial charge in [0.2, 0.25) is 5.91 Å². The minimum Gasteiger partial charge on any atom is -0.462 e. The predicted octanol–water partition coefficient (Wildman–Crippen LogP) is 3.44. The number of thioether (sulfide) groups is 1. The average Bonchev–Trinajstić information content (AvgIpc) is 3.63. The number of rotatable bonds is 5. The third-order valence-corrected chi connectivity index (χ3v) is 8.61. The molecule has 0 saturated carbocycles. The van der Waals surface area contributed by atoms with Gasteiger partial charge in [0.15, 0.2) is 0 Å². The van der Waals surface area contributed by atoms with E-state index in [1.54, 1.807) is 29.8 Å². The Kier molecular flexibility index (Phi) is 8.42. The van der Waals surface area contributed by atoms with Crippen LogP contribution in [-0.2, 0) is 14.3 Å². The van der Waals surface area contributed by atoms with Gasteiger partial charge in [0.25, 0.3) is 0 Å². The second-order valence-corrected chi connectivity index (χ2v) is 12.5. The Hall–Kier alpha value is -3.05. The molecule has 40 heavy (non-hydrogen) atoms. The van der Waals surface area contributed by atoms with Crippen LogP contribution in [0.15, 0.2) is 30.5 Å². The van der Waals surface area contributed by atoms with Crippen molar-refractivity contribution in [1.29, 1.82) is 0 Å². The summed E-state index contributed by atoms with van der Waals surface area (Å²) >= 11 is 1.74. The molecular weight excluding hydrogens is 530 g/mol. The fraction of sp³-hybridized carbons (Fsp3) is 0.586. The number of pyridine rings is 1. The minimum atomic E-state index is -0.637. The summed E-state index contributed by atoms with van der Waals surface area (Å²) in [6, 6.07) is 7.38. The summed E-state index contributed by atoms with van der Waals surface area (Å²) in [4.78, 5) is 52.1. The van der Waals surface area contributed by atoms with Crippen LogP contribution in [-0.4, -0.2) is 113 Å². The van der Waals surface area contributed by atoms with Crippen LogP contribution < -0.4 is 4.90 Å². The molecule has 0 radical (unpaired) electrons. The van der Waals surface area contributed by atoms with Crippen LogP contribution in [0.25, 0.3) is 10.9 Å². The van der Waals surface area contributed by atoms with Gasteiger partial charge >= 0.3 is 12.1 Å². The second-order valence-electron chi connectivity index (χ2n) is 11.5. The SMILES string of the molecule is CCOC(=O)c1cnc2ccccc2c1N1CCN([C@H]2C[C@@H](C(=O)N3CCSC3)N(C(=O)OC(C)(C)C)C2)CC1. The Balaban J connectivity index is 1.33. The summed E-state index contributed by atoms with van der Waals surface area (Å²) < 4.78 is 11.1. The molecule has 4 heterocycles. The van der Waals surface area contributed by atoms with Gasteiger partial charge in [-0.3, -0.25) is 19.6 Å². The van der Waals surface area contributed by atoms with Crippen LogP contribution in [0.3, 0.4) is 0 Å². The third-order valence-electron chi connectivity index (χ3n) is 7.65. The third kappa shape index (κ3) is 6.00. The van der Waals surface area contributed by atoms with Crippen LogP contribution in [0.2, 0.25) is 0 Å². The fourth-order valence-electron chi connectivity index (χ4n) is 5.77. The number of aromatic nitrogens is 1. The molecule has 0 N–H and O–H groups in total. The number of nitrogens with zero attached hydrogens (tertiary/aromatic N) is 5. The first-order chi connectivity index (χ1) is 19.2. The molecule has 0 unspecified atom stereocenters. The van der Waals surface area contributed by atoms with Crippen LogP contribution in [0.1, 0.15) is 44.5 Å². The molecule has 2 aromatic rings. The molecule has 1 aromatic carbocycles. The van der Waals surface area contributed by atoms with Crippen molar-refractivity contribution in [3.63, 3.8) is 0 Å². The zero-order valence-corrected chi connectivity index (χ0v) is 24.6. The van der Waals surface area contributed by atoms with E-state index in [2.05, 4.69) is 14.8 Å². The number of anilines is 1. The molecular formula is C29H39N5O5S. The minimum absolute atomic E-state index is 0.0133. The average molecular weight is 570 g/mol. The smallest absolute Gasteiger partial charge is 0.411 e. The van der Waals surface area contributed by atoms with E-state index in [4.69, 9.17) is 9.47 Å². The van der Waals surface area contributed by atoms with Gasteiger partial charge in [-0.15, -0.1) is 11.8 Å².